The number of aliphatic hydroxyl groups excluding tert-OH is 1. The second-order valence-corrected chi connectivity index (χ2v) is 6.61. The molecule has 2 N–H and O–H groups in total. The number of rotatable bonds is 9. The average Bonchev–Trinajstić information content (AvgIpc) is 2.44. The van der Waals surface area contributed by atoms with Gasteiger partial charge >= 0.3 is 0 Å². The van der Waals surface area contributed by atoms with Crippen molar-refractivity contribution in [2.75, 3.05) is 24.2 Å². The molecule has 20 heavy (non-hydrogen) atoms. The van der Waals surface area contributed by atoms with Crippen LogP contribution in [0.1, 0.15) is 32.3 Å². The molecule has 0 amide bonds. The Bertz CT molecular complexity index is 443. The van der Waals surface area contributed by atoms with E-state index in [1.54, 1.807) is 18.0 Å². The predicted molar refractivity (Wildman–Crippen MR) is 84.6 cm³/mol. The molecule has 0 radical (unpaired) electrons. The minimum Gasteiger partial charge on any atom is -0.396 e. The van der Waals surface area contributed by atoms with Gasteiger partial charge in [0.1, 0.15) is 5.82 Å². The van der Waals surface area contributed by atoms with Crippen molar-refractivity contribution in [3.8, 4) is 6.07 Å². The summed E-state index contributed by atoms with van der Waals surface area (Å²) in [5.41, 5.74) is 1.29. The van der Waals surface area contributed by atoms with Crippen LogP contribution >= 0.6 is 11.8 Å². The fourth-order valence-electron chi connectivity index (χ4n) is 1.73. The summed E-state index contributed by atoms with van der Waals surface area (Å²) < 4.78 is 0. The van der Waals surface area contributed by atoms with E-state index in [4.69, 9.17) is 10.4 Å². The monoisotopic (exact) mass is 293 g/mol. The van der Waals surface area contributed by atoms with Crippen molar-refractivity contribution in [1.82, 2.24) is 4.98 Å². The number of aliphatic hydroxyl groups is 1. The molecule has 0 aromatic carbocycles. The molecule has 0 aliphatic carbocycles. The van der Waals surface area contributed by atoms with Crippen molar-refractivity contribution in [3.63, 3.8) is 0 Å². The van der Waals surface area contributed by atoms with Crippen LogP contribution in [0.2, 0.25) is 0 Å². The van der Waals surface area contributed by atoms with Gasteiger partial charge in [-0.3, -0.25) is 0 Å². The van der Waals surface area contributed by atoms with Crippen molar-refractivity contribution < 1.29 is 5.11 Å². The largest absolute Gasteiger partial charge is 0.396 e. The molecular weight excluding hydrogens is 270 g/mol. The maximum atomic E-state index is 8.78. The molecule has 0 fully saturated rings. The van der Waals surface area contributed by atoms with Gasteiger partial charge in [-0.15, -0.1) is 0 Å². The highest BCUT2D eigenvalue weighted by Gasteiger charge is 2.17. The molecule has 4 nitrogen and oxygen atoms in total. The van der Waals surface area contributed by atoms with Crippen molar-refractivity contribution in [2.24, 2.45) is 5.41 Å². The average molecular weight is 293 g/mol. The van der Waals surface area contributed by atoms with E-state index in [-0.39, 0.29) is 12.0 Å². The SMILES string of the molecule is CC(C)(CCC#N)CNc1cc(CSCCO)ccn1. The Morgan fingerprint density at radius 1 is 1.50 bits per heavy atom. The molecule has 0 saturated heterocycles. The van der Waals surface area contributed by atoms with Crippen LogP contribution in [-0.2, 0) is 5.75 Å². The van der Waals surface area contributed by atoms with Gasteiger partial charge in [0.15, 0.2) is 0 Å². The summed E-state index contributed by atoms with van der Waals surface area (Å²) in [6.07, 6.45) is 3.27. The third-order valence-corrected chi connectivity index (χ3v) is 4.00. The van der Waals surface area contributed by atoms with Crippen LogP contribution in [0.5, 0.6) is 0 Å². The zero-order chi connectivity index (χ0) is 14.8. The second-order valence-electron chi connectivity index (χ2n) is 5.50. The number of pyridine rings is 1. The van der Waals surface area contributed by atoms with Gasteiger partial charge in [-0.05, 0) is 29.5 Å². The van der Waals surface area contributed by atoms with Gasteiger partial charge in [-0.25, -0.2) is 4.98 Å². The van der Waals surface area contributed by atoms with E-state index in [0.29, 0.717) is 6.42 Å². The van der Waals surface area contributed by atoms with E-state index < -0.39 is 0 Å². The zero-order valence-corrected chi connectivity index (χ0v) is 13.0. The van der Waals surface area contributed by atoms with Gasteiger partial charge < -0.3 is 10.4 Å². The van der Waals surface area contributed by atoms with Crippen molar-refractivity contribution >= 4 is 17.6 Å². The molecule has 0 unspecified atom stereocenters. The van der Waals surface area contributed by atoms with Gasteiger partial charge in [0.25, 0.3) is 0 Å². The Balaban J connectivity index is 2.47. The molecule has 0 aliphatic heterocycles. The summed E-state index contributed by atoms with van der Waals surface area (Å²) in [4.78, 5) is 4.32. The van der Waals surface area contributed by atoms with Crippen LogP contribution in [0.4, 0.5) is 5.82 Å². The molecule has 1 aromatic rings. The Hall–Kier alpha value is -1.25. The molecular formula is C15H23N3OS. The summed E-state index contributed by atoms with van der Waals surface area (Å²) in [5, 5.41) is 20.8. The quantitative estimate of drug-likeness (QED) is 0.685. The minimum atomic E-state index is 0.0824. The third kappa shape index (κ3) is 6.78. The first-order chi connectivity index (χ1) is 9.57. The first-order valence-corrected chi connectivity index (χ1v) is 7.97. The van der Waals surface area contributed by atoms with E-state index in [0.717, 1.165) is 30.3 Å². The fourth-order valence-corrected chi connectivity index (χ4v) is 2.42. The molecule has 110 valence electrons. The zero-order valence-electron chi connectivity index (χ0n) is 12.2. The third-order valence-electron chi connectivity index (χ3n) is 2.99. The number of hydrogen-bond acceptors (Lipinski definition) is 5. The summed E-state index contributed by atoms with van der Waals surface area (Å²) in [5.74, 6) is 2.51. The summed E-state index contributed by atoms with van der Waals surface area (Å²) in [6.45, 7) is 5.32. The second kappa shape index (κ2) is 8.83. The van der Waals surface area contributed by atoms with Gasteiger partial charge in [0, 0.05) is 30.7 Å². The number of hydrogen-bond donors (Lipinski definition) is 2. The first-order valence-electron chi connectivity index (χ1n) is 6.82. The number of nitriles is 1. The predicted octanol–water partition coefficient (Wildman–Crippen LogP) is 3.05. The van der Waals surface area contributed by atoms with Crippen LogP contribution in [0.3, 0.4) is 0 Å². The summed E-state index contributed by atoms with van der Waals surface area (Å²) >= 11 is 1.71. The minimum absolute atomic E-state index is 0.0824. The van der Waals surface area contributed by atoms with E-state index in [2.05, 4.69) is 30.2 Å². The number of nitrogens with zero attached hydrogens (tertiary/aromatic N) is 2. The van der Waals surface area contributed by atoms with Crippen LogP contribution in [0.15, 0.2) is 18.3 Å². The molecule has 1 rings (SSSR count). The molecule has 0 aliphatic rings. The van der Waals surface area contributed by atoms with Crippen LogP contribution in [-0.4, -0.2) is 29.0 Å². The van der Waals surface area contributed by atoms with Gasteiger partial charge in [0.05, 0.1) is 12.7 Å². The number of anilines is 1. The molecule has 0 spiro atoms. The van der Waals surface area contributed by atoms with E-state index in [9.17, 15) is 0 Å². The van der Waals surface area contributed by atoms with Crippen molar-refractivity contribution in [3.05, 3.63) is 23.9 Å². The Kier molecular flexibility index (Phi) is 7.42. The Morgan fingerprint density at radius 3 is 3.00 bits per heavy atom. The topological polar surface area (TPSA) is 68.9 Å². The fraction of sp³-hybridized carbons (Fsp3) is 0.600. The van der Waals surface area contributed by atoms with Crippen molar-refractivity contribution in [2.45, 2.75) is 32.4 Å². The number of nitrogens with one attached hydrogen (secondary N) is 1. The highest BCUT2D eigenvalue weighted by molar-refractivity contribution is 7.98. The van der Waals surface area contributed by atoms with E-state index in [1.165, 1.54) is 5.56 Å². The van der Waals surface area contributed by atoms with Gasteiger partial charge in [-0.1, -0.05) is 13.8 Å². The highest BCUT2D eigenvalue weighted by atomic mass is 32.2. The van der Waals surface area contributed by atoms with E-state index >= 15 is 0 Å². The van der Waals surface area contributed by atoms with Crippen LogP contribution in [0.25, 0.3) is 0 Å². The smallest absolute Gasteiger partial charge is 0.126 e. The van der Waals surface area contributed by atoms with Crippen LogP contribution < -0.4 is 5.32 Å². The molecule has 0 atom stereocenters. The molecule has 0 saturated carbocycles. The summed E-state index contributed by atoms with van der Waals surface area (Å²) in [6, 6.07) is 6.24. The molecule has 0 bridgehead atoms. The normalized spacial score (nSPS) is 11.1. The lowest BCUT2D eigenvalue weighted by Gasteiger charge is -2.24. The maximum absolute atomic E-state index is 8.78. The summed E-state index contributed by atoms with van der Waals surface area (Å²) in [7, 11) is 0. The van der Waals surface area contributed by atoms with Crippen molar-refractivity contribution in [1.29, 1.82) is 5.26 Å². The number of aromatic nitrogens is 1. The lowest BCUT2D eigenvalue weighted by molar-refractivity contribution is 0.322. The molecule has 5 heteroatoms. The van der Waals surface area contributed by atoms with Gasteiger partial charge in [0.2, 0.25) is 0 Å². The maximum Gasteiger partial charge on any atom is 0.126 e. The Morgan fingerprint density at radius 2 is 2.30 bits per heavy atom. The number of thioether (sulfide) groups is 1. The lowest BCUT2D eigenvalue weighted by Crippen LogP contribution is -2.23. The standard InChI is InChI=1S/C15H23N3OS/c1-15(2,5-3-6-16)12-18-14-10-13(4-7-17-14)11-20-9-8-19/h4,7,10,19H,3,5,8-9,11-12H2,1-2H3,(H,17,18). The van der Waals surface area contributed by atoms with Crippen LogP contribution in [0, 0.1) is 16.7 Å². The Labute approximate surface area is 125 Å². The van der Waals surface area contributed by atoms with E-state index in [1.807, 2.05) is 12.1 Å². The molecule has 1 aromatic heterocycles. The highest BCUT2D eigenvalue weighted by Crippen LogP contribution is 2.23. The first kappa shape index (κ1) is 16.8. The lowest BCUT2D eigenvalue weighted by atomic mass is 9.88. The molecule has 1 heterocycles. The van der Waals surface area contributed by atoms with Gasteiger partial charge in [-0.2, -0.15) is 17.0 Å².